The van der Waals surface area contributed by atoms with Gasteiger partial charge < -0.3 is 10.1 Å². The molecule has 86 valence electrons. The Morgan fingerprint density at radius 3 is 3.12 bits per heavy atom. The van der Waals surface area contributed by atoms with Crippen molar-refractivity contribution in [3.05, 3.63) is 34.2 Å². The summed E-state index contributed by atoms with van der Waals surface area (Å²) in [7, 11) is 0. The van der Waals surface area contributed by atoms with E-state index in [4.69, 9.17) is 4.74 Å². The minimum atomic E-state index is 0.000185. The van der Waals surface area contributed by atoms with Gasteiger partial charge in [-0.05, 0) is 24.6 Å². The van der Waals surface area contributed by atoms with Gasteiger partial charge in [-0.1, -0.05) is 6.92 Å². The third-order valence-corrected chi connectivity index (χ3v) is 3.72. The van der Waals surface area contributed by atoms with Crippen LogP contribution in [0.1, 0.15) is 27.9 Å². The Bertz CT molecular complexity index is 389. The highest BCUT2D eigenvalue weighted by atomic mass is 32.1. The first-order valence-corrected chi connectivity index (χ1v) is 6.28. The van der Waals surface area contributed by atoms with Crippen LogP contribution in [0.3, 0.4) is 0 Å². The molecule has 1 amide bonds. The molecule has 2 rings (SSSR count). The smallest absolute Gasteiger partial charge is 0.261 e. The average molecular weight is 237 g/mol. The highest BCUT2D eigenvalue weighted by Gasteiger charge is 2.14. The second kappa shape index (κ2) is 5.16. The van der Waals surface area contributed by atoms with E-state index >= 15 is 0 Å². The molecule has 1 aromatic rings. The molecule has 1 N–H and O–H groups in total. The topological polar surface area (TPSA) is 38.3 Å². The van der Waals surface area contributed by atoms with E-state index in [1.165, 1.54) is 4.88 Å². The number of thiophene rings is 1. The van der Waals surface area contributed by atoms with Crippen molar-refractivity contribution >= 4 is 17.2 Å². The maximum Gasteiger partial charge on any atom is 0.261 e. The first kappa shape index (κ1) is 11.2. The fourth-order valence-electron chi connectivity index (χ4n) is 1.54. The van der Waals surface area contributed by atoms with Crippen molar-refractivity contribution in [2.24, 2.45) is 0 Å². The summed E-state index contributed by atoms with van der Waals surface area (Å²) in [6.07, 6.45) is 5.63. The van der Waals surface area contributed by atoms with Crippen LogP contribution in [0.2, 0.25) is 0 Å². The predicted molar refractivity (Wildman–Crippen MR) is 64.7 cm³/mol. The standard InChI is InChI=1S/C12H15NO2S/c1-2-10-5-6-11(16-10)12(14)13-8-9-4-3-7-15-9/h3,5-7,9H,2,4,8H2,1H3,(H,13,14). The Balaban J connectivity index is 1.83. The van der Waals surface area contributed by atoms with Crippen molar-refractivity contribution < 1.29 is 9.53 Å². The van der Waals surface area contributed by atoms with Crippen LogP contribution >= 0.6 is 11.3 Å². The lowest BCUT2D eigenvalue weighted by Crippen LogP contribution is -2.31. The summed E-state index contributed by atoms with van der Waals surface area (Å²) < 4.78 is 5.27. The van der Waals surface area contributed by atoms with Crippen LogP contribution in [0.25, 0.3) is 0 Å². The Morgan fingerprint density at radius 2 is 2.50 bits per heavy atom. The van der Waals surface area contributed by atoms with E-state index in [2.05, 4.69) is 12.2 Å². The van der Waals surface area contributed by atoms with Crippen molar-refractivity contribution in [2.45, 2.75) is 25.9 Å². The van der Waals surface area contributed by atoms with Crippen LogP contribution in [0, 0.1) is 0 Å². The number of aryl methyl sites for hydroxylation is 1. The van der Waals surface area contributed by atoms with Crippen LogP contribution in [-0.2, 0) is 11.2 Å². The molecule has 1 aromatic heterocycles. The minimum absolute atomic E-state index is 0.000185. The monoisotopic (exact) mass is 237 g/mol. The van der Waals surface area contributed by atoms with Crippen LogP contribution in [-0.4, -0.2) is 18.6 Å². The summed E-state index contributed by atoms with van der Waals surface area (Å²) in [5, 5.41) is 2.88. The summed E-state index contributed by atoms with van der Waals surface area (Å²) in [6, 6.07) is 3.89. The second-order valence-electron chi connectivity index (χ2n) is 3.70. The lowest BCUT2D eigenvalue weighted by Gasteiger charge is -2.10. The third kappa shape index (κ3) is 2.64. The van der Waals surface area contributed by atoms with Gasteiger partial charge in [0.25, 0.3) is 5.91 Å². The number of nitrogens with one attached hydrogen (secondary N) is 1. The number of carbonyl (C=O) groups excluding carboxylic acids is 1. The van der Waals surface area contributed by atoms with Gasteiger partial charge in [-0.15, -0.1) is 11.3 Å². The van der Waals surface area contributed by atoms with Crippen molar-refractivity contribution in [1.29, 1.82) is 0 Å². The van der Waals surface area contributed by atoms with Crippen LogP contribution in [0.5, 0.6) is 0 Å². The van der Waals surface area contributed by atoms with Gasteiger partial charge in [-0.25, -0.2) is 0 Å². The number of carbonyl (C=O) groups is 1. The molecule has 0 saturated heterocycles. The molecule has 0 spiro atoms. The van der Waals surface area contributed by atoms with E-state index in [0.29, 0.717) is 6.54 Å². The van der Waals surface area contributed by atoms with Crippen LogP contribution in [0.4, 0.5) is 0 Å². The molecule has 0 bridgehead atoms. The largest absolute Gasteiger partial charge is 0.496 e. The molecule has 1 unspecified atom stereocenters. The number of hydrogen-bond acceptors (Lipinski definition) is 3. The maximum absolute atomic E-state index is 11.8. The molecule has 0 saturated carbocycles. The molecular weight excluding hydrogens is 222 g/mol. The van der Waals surface area contributed by atoms with Gasteiger partial charge in [0.2, 0.25) is 0 Å². The zero-order valence-electron chi connectivity index (χ0n) is 9.23. The van der Waals surface area contributed by atoms with Crippen LogP contribution in [0.15, 0.2) is 24.5 Å². The lowest BCUT2D eigenvalue weighted by atomic mass is 10.2. The second-order valence-corrected chi connectivity index (χ2v) is 4.86. The molecule has 1 aliphatic rings. The maximum atomic E-state index is 11.8. The molecule has 16 heavy (non-hydrogen) atoms. The van der Waals surface area contributed by atoms with E-state index in [0.717, 1.165) is 17.7 Å². The zero-order valence-corrected chi connectivity index (χ0v) is 10.0. The Labute approximate surface area is 99.1 Å². The molecule has 1 aliphatic heterocycles. The number of ether oxygens (including phenoxy) is 1. The van der Waals surface area contributed by atoms with E-state index < -0.39 is 0 Å². The van der Waals surface area contributed by atoms with Gasteiger partial charge in [-0.3, -0.25) is 4.79 Å². The molecule has 3 nitrogen and oxygen atoms in total. The Morgan fingerprint density at radius 1 is 1.62 bits per heavy atom. The van der Waals surface area contributed by atoms with E-state index in [9.17, 15) is 4.79 Å². The SMILES string of the molecule is CCc1ccc(C(=O)NCC2CC=CO2)s1. The van der Waals surface area contributed by atoms with Crippen molar-refractivity contribution in [2.75, 3.05) is 6.54 Å². The minimum Gasteiger partial charge on any atom is -0.496 e. The van der Waals surface area contributed by atoms with Crippen LogP contribution < -0.4 is 5.32 Å². The fourth-order valence-corrected chi connectivity index (χ4v) is 2.41. The summed E-state index contributed by atoms with van der Waals surface area (Å²) in [6.45, 7) is 2.66. The van der Waals surface area contributed by atoms with Gasteiger partial charge in [0, 0.05) is 11.3 Å². The molecule has 4 heteroatoms. The van der Waals surface area contributed by atoms with E-state index in [1.54, 1.807) is 17.6 Å². The molecule has 0 fully saturated rings. The number of rotatable bonds is 4. The summed E-state index contributed by atoms with van der Waals surface area (Å²) >= 11 is 1.55. The molecule has 0 aliphatic carbocycles. The van der Waals surface area contributed by atoms with Gasteiger partial charge in [0.05, 0.1) is 17.7 Å². The zero-order chi connectivity index (χ0) is 11.4. The van der Waals surface area contributed by atoms with Gasteiger partial charge in [-0.2, -0.15) is 0 Å². The lowest BCUT2D eigenvalue weighted by molar-refractivity contribution is 0.0921. The molecule has 1 atom stereocenters. The fraction of sp³-hybridized carbons (Fsp3) is 0.417. The first-order chi connectivity index (χ1) is 7.79. The summed E-state index contributed by atoms with van der Waals surface area (Å²) in [5.41, 5.74) is 0. The molecular formula is C12H15NO2S. The van der Waals surface area contributed by atoms with Gasteiger partial charge in [0.1, 0.15) is 6.10 Å². The van der Waals surface area contributed by atoms with E-state index in [-0.39, 0.29) is 12.0 Å². The van der Waals surface area contributed by atoms with Gasteiger partial charge >= 0.3 is 0 Å². The quantitative estimate of drug-likeness (QED) is 0.873. The van der Waals surface area contributed by atoms with E-state index in [1.807, 2.05) is 18.2 Å². The van der Waals surface area contributed by atoms with Gasteiger partial charge in [0.15, 0.2) is 0 Å². The molecule has 0 aromatic carbocycles. The number of hydrogen-bond donors (Lipinski definition) is 1. The first-order valence-electron chi connectivity index (χ1n) is 5.47. The number of amides is 1. The van der Waals surface area contributed by atoms with Crippen molar-refractivity contribution in [3.8, 4) is 0 Å². The molecule has 0 radical (unpaired) electrons. The predicted octanol–water partition coefficient (Wildman–Crippen LogP) is 2.34. The normalized spacial score (nSPS) is 18.4. The Kier molecular flexibility index (Phi) is 3.62. The van der Waals surface area contributed by atoms with Crippen molar-refractivity contribution in [3.63, 3.8) is 0 Å². The summed E-state index contributed by atoms with van der Waals surface area (Å²) in [4.78, 5) is 13.8. The summed E-state index contributed by atoms with van der Waals surface area (Å²) in [5.74, 6) is 0.000185. The Hall–Kier alpha value is -1.29. The highest BCUT2D eigenvalue weighted by Crippen LogP contribution is 2.16. The highest BCUT2D eigenvalue weighted by molar-refractivity contribution is 7.14. The van der Waals surface area contributed by atoms with Crippen molar-refractivity contribution in [1.82, 2.24) is 5.32 Å². The average Bonchev–Trinajstić information content (AvgIpc) is 2.96. The molecule has 2 heterocycles. The third-order valence-electron chi connectivity index (χ3n) is 2.49.